The first-order valence-electron chi connectivity index (χ1n) is 34.6. The number of allylic oxidation sites excluding steroid dienone is 8. The van der Waals surface area contributed by atoms with Crippen LogP contribution in [0.15, 0.2) is 48.6 Å². The van der Waals surface area contributed by atoms with Gasteiger partial charge in [-0.25, -0.2) is 4.57 Å². The van der Waals surface area contributed by atoms with Gasteiger partial charge in [0.15, 0.2) is 6.10 Å². The topological polar surface area (TPSA) is 134 Å². The van der Waals surface area contributed by atoms with Gasteiger partial charge >= 0.3 is 19.8 Å². The Bertz CT molecular complexity index is 1450. The number of phosphoric acid groups is 1. The second-order valence-electron chi connectivity index (χ2n) is 23.4. The zero-order chi connectivity index (χ0) is 58.0. The number of carbonyl (C=O) groups is 2. The van der Waals surface area contributed by atoms with Crippen LogP contribution in [0, 0.1) is 0 Å². The molecule has 2 atom stereocenters. The highest BCUT2D eigenvalue weighted by atomic mass is 31.2. The SMILES string of the molecule is CC/C=C\C/C=C\C/C=C\C/C=C\CCCCCCCCCCC(=O)OC(COC(=O)CCCCCCCCCCCCCCCCCCCCCCCCCCCCCCCCCCCCCCCC)COP(=O)(O)OCCN. The molecule has 0 aromatic rings. The average Bonchev–Trinajstić information content (AvgIpc) is 3.45. The van der Waals surface area contributed by atoms with Crippen molar-refractivity contribution in [1.82, 2.24) is 0 Å². The lowest BCUT2D eigenvalue weighted by Crippen LogP contribution is -2.29. The molecular weight excluding hydrogens is 1010 g/mol. The van der Waals surface area contributed by atoms with Gasteiger partial charge in [0.05, 0.1) is 13.2 Å². The smallest absolute Gasteiger partial charge is 0.462 e. The monoisotopic (exact) mass is 1150 g/mol. The van der Waals surface area contributed by atoms with Crippen LogP contribution < -0.4 is 5.73 Å². The Morgan fingerprint density at radius 1 is 0.388 bits per heavy atom. The first kappa shape index (κ1) is 78.0. The Hall–Kier alpha value is -2.03. The molecule has 0 aliphatic heterocycles. The van der Waals surface area contributed by atoms with Crippen molar-refractivity contribution in [2.24, 2.45) is 5.73 Å². The number of hydrogen-bond acceptors (Lipinski definition) is 8. The van der Waals surface area contributed by atoms with Crippen molar-refractivity contribution in [3.8, 4) is 0 Å². The second kappa shape index (κ2) is 66.1. The Morgan fingerprint density at radius 3 is 1.02 bits per heavy atom. The molecule has 0 spiro atoms. The molecule has 80 heavy (non-hydrogen) atoms. The van der Waals surface area contributed by atoms with Crippen LogP contribution in [-0.4, -0.2) is 49.3 Å². The molecule has 0 heterocycles. The van der Waals surface area contributed by atoms with Gasteiger partial charge in [-0.15, -0.1) is 0 Å². The molecule has 470 valence electrons. The predicted molar refractivity (Wildman–Crippen MR) is 344 cm³/mol. The summed E-state index contributed by atoms with van der Waals surface area (Å²) in [5.74, 6) is -0.822. The molecule has 0 amide bonds. The zero-order valence-electron chi connectivity index (χ0n) is 52.8. The average molecular weight is 1150 g/mol. The summed E-state index contributed by atoms with van der Waals surface area (Å²) >= 11 is 0. The van der Waals surface area contributed by atoms with E-state index in [1.54, 1.807) is 0 Å². The summed E-state index contributed by atoms with van der Waals surface area (Å²) < 4.78 is 33.1. The van der Waals surface area contributed by atoms with Gasteiger partial charge in [0, 0.05) is 19.4 Å². The van der Waals surface area contributed by atoms with Crippen molar-refractivity contribution in [2.75, 3.05) is 26.4 Å². The van der Waals surface area contributed by atoms with Crippen molar-refractivity contribution >= 4 is 19.8 Å². The van der Waals surface area contributed by atoms with Gasteiger partial charge in [-0.3, -0.25) is 18.6 Å². The molecule has 0 fully saturated rings. The van der Waals surface area contributed by atoms with Gasteiger partial charge in [-0.2, -0.15) is 0 Å². The number of ether oxygens (including phenoxy) is 2. The molecule has 0 aromatic heterocycles. The van der Waals surface area contributed by atoms with Crippen LogP contribution in [0.5, 0.6) is 0 Å². The molecule has 0 rings (SSSR count). The minimum atomic E-state index is -4.39. The molecule has 10 heteroatoms. The van der Waals surface area contributed by atoms with Gasteiger partial charge in [0.2, 0.25) is 0 Å². The lowest BCUT2D eigenvalue weighted by atomic mass is 10.0. The minimum absolute atomic E-state index is 0.0520. The number of phosphoric ester groups is 1. The fraction of sp³-hybridized carbons (Fsp3) is 0.857. The Balaban J connectivity index is 3.77. The lowest BCUT2D eigenvalue weighted by molar-refractivity contribution is -0.161. The molecule has 0 radical (unpaired) electrons. The standard InChI is InChI=1S/C70H132NO8P/c1-3-5-7-9-11-13-15-17-19-21-23-25-26-27-28-29-30-31-32-33-34-35-36-37-38-39-40-41-43-44-46-48-50-52-54-56-58-60-62-69(72)76-66-68(67-78-80(74,75)77-65-64-71)79-70(73)63-61-59-57-55-53-51-49-47-45-42-24-22-20-18-16-14-12-10-8-6-4-2/h6,8,12,14,18,20,24,42,68H,3-5,7,9-11,13,15-17,19,21-23,25-41,43-67,71H2,1-2H3,(H,74,75)/b8-6-,14-12-,20-18-,42-24-. The number of nitrogens with two attached hydrogens (primary N) is 1. The molecule has 0 aliphatic rings. The third kappa shape index (κ3) is 65.1. The Labute approximate surface area is 496 Å². The summed E-state index contributed by atoms with van der Waals surface area (Å²) in [4.78, 5) is 35.3. The van der Waals surface area contributed by atoms with E-state index in [0.29, 0.717) is 6.42 Å². The van der Waals surface area contributed by atoms with Gasteiger partial charge in [0.1, 0.15) is 6.61 Å². The number of hydrogen-bond donors (Lipinski definition) is 2. The molecule has 0 saturated heterocycles. The third-order valence-electron chi connectivity index (χ3n) is 15.5. The Morgan fingerprint density at radius 2 is 0.688 bits per heavy atom. The van der Waals surface area contributed by atoms with E-state index in [4.69, 9.17) is 24.3 Å². The summed E-state index contributed by atoms with van der Waals surface area (Å²) in [6, 6.07) is 0. The molecule has 0 aromatic carbocycles. The molecule has 9 nitrogen and oxygen atoms in total. The first-order chi connectivity index (χ1) is 39.3. The summed E-state index contributed by atoms with van der Waals surface area (Å²) in [5, 5.41) is 0. The van der Waals surface area contributed by atoms with E-state index in [9.17, 15) is 19.0 Å². The molecule has 3 N–H and O–H groups in total. The van der Waals surface area contributed by atoms with Gasteiger partial charge < -0.3 is 20.1 Å². The van der Waals surface area contributed by atoms with Gasteiger partial charge in [0.25, 0.3) is 0 Å². The van der Waals surface area contributed by atoms with E-state index >= 15 is 0 Å². The van der Waals surface area contributed by atoms with E-state index in [1.807, 2.05) is 0 Å². The number of carbonyl (C=O) groups excluding carboxylic acids is 2. The van der Waals surface area contributed by atoms with Gasteiger partial charge in [-0.05, 0) is 51.4 Å². The first-order valence-corrected chi connectivity index (χ1v) is 36.1. The van der Waals surface area contributed by atoms with E-state index in [0.717, 1.165) is 70.6 Å². The highest BCUT2D eigenvalue weighted by Crippen LogP contribution is 2.43. The van der Waals surface area contributed by atoms with E-state index in [1.165, 1.54) is 250 Å². The van der Waals surface area contributed by atoms with Crippen molar-refractivity contribution in [3.05, 3.63) is 48.6 Å². The number of unbranched alkanes of at least 4 members (excludes halogenated alkanes) is 45. The minimum Gasteiger partial charge on any atom is -0.462 e. The number of rotatable bonds is 66. The van der Waals surface area contributed by atoms with Crippen LogP contribution in [0.4, 0.5) is 0 Å². The quantitative estimate of drug-likeness (QED) is 0.0264. The van der Waals surface area contributed by atoms with E-state index < -0.39 is 26.5 Å². The fourth-order valence-corrected chi connectivity index (χ4v) is 11.2. The van der Waals surface area contributed by atoms with Crippen LogP contribution in [0.2, 0.25) is 0 Å². The largest absolute Gasteiger partial charge is 0.472 e. The maximum absolute atomic E-state index is 12.7. The maximum atomic E-state index is 12.7. The summed E-state index contributed by atoms with van der Waals surface area (Å²) in [6.45, 7) is 3.68. The molecule has 0 aliphatic carbocycles. The molecule has 0 saturated carbocycles. The summed E-state index contributed by atoms with van der Waals surface area (Å²) in [7, 11) is -4.39. The maximum Gasteiger partial charge on any atom is 0.472 e. The van der Waals surface area contributed by atoms with Crippen molar-refractivity contribution < 1.29 is 37.6 Å². The highest BCUT2D eigenvalue weighted by Gasteiger charge is 2.26. The molecular formula is C70H132NO8P. The normalized spacial score (nSPS) is 13.2. The van der Waals surface area contributed by atoms with Crippen LogP contribution in [-0.2, 0) is 32.7 Å². The number of esters is 2. The summed E-state index contributed by atoms with van der Waals surface area (Å²) in [5.41, 5.74) is 5.39. The fourth-order valence-electron chi connectivity index (χ4n) is 10.4. The second-order valence-corrected chi connectivity index (χ2v) is 24.8. The van der Waals surface area contributed by atoms with Crippen molar-refractivity contribution in [1.29, 1.82) is 0 Å². The van der Waals surface area contributed by atoms with Crippen LogP contribution in [0.1, 0.15) is 354 Å². The lowest BCUT2D eigenvalue weighted by Gasteiger charge is -2.19. The van der Waals surface area contributed by atoms with Gasteiger partial charge in [-0.1, -0.05) is 339 Å². The van der Waals surface area contributed by atoms with E-state index in [-0.39, 0.29) is 38.6 Å². The highest BCUT2D eigenvalue weighted by molar-refractivity contribution is 7.47. The van der Waals surface area contributed by atoms with Crippen LogP contribution in [0.25, 0.3) is 0 Å². The molecule has 0 bridgehead atoms. The van der Waals surface area contributed by atoms with Crippen molar-refractivity contribution in [3.63, 3.8) is 0 Å². The zero-order valence-corrected chi connectivity index (χ0v) is 53.7. The molecule has 2 unspecified atom stereocenters. The van der Waals surface area contributed by atoms with Crippen LogP contribution in [0.3, 0.4) is 0 Å². The van der Waals surface area contributed by atoms with Crippen molar-refractivity contribution in [2.45, 2.75) is 360 Å². The predicted octanol–water partition coefficient (Wildman–Crippen LogP) is 22.5. The van der Waals surface area contributed by atoms with Crippen LogP contribution >= 0.6 is 7.82 Å². The third-order valence-corrected chi connectivity index (χ3v) is 16.5. The Kier molecular flexibility index (Phi) is 64.4. The summed E-state index contributed by atoms with van der Waals surface area (Å²) in [6.07, 6.45) is 83.7. The van der Waals surface area contributed by atoms with E-state index in [2.05, 4.69) is 62.5 Å².